The molecule has 0 bridgehead atoms. The van der Waals surface area contributed by atoms with Gasteiger partial charge in [-0.1, -0.05) is 62.9 Å². The predicted molar refractivity (Wildman–Crippen MR) is 145 cm³/mol. The van der Waals surface area contributed by atoms with Crippen LogP contribution in [0.15, 0.2) is 58.6 Å². The monoisotopic (exact) mass is 592 g/mol. The van der Waals surface area contributed by atoms with Crippen LogP contribution in [0, 0.1) is 18.3 Å². The lowest BCUT2D eigenvalue weighted by Gasteiger charge is -2.15. The number of halogens is 4. The minimum atomic E-state index is -0.555. The first-order valence-electron chi connectivity index (χ1n) is 10.4. The Hall–Kier alpha value is -2.69. The van der Waals surface area contributed by atoms with Crippen molar-refractivity contribution in [3.8, 4) is 17.6 Å². The molecule has 0 unspecified atom stereocenters. The van der Waals surface area contributed by atoms with Gasteiger partial charge in [0.25, 0.3) is 5.91 Å². The first-order chi connectivity index (χ1) is 16.7. The molecule has 1 N–H and O–H groups in total. The molecule has 0 fully saturated rings. The van der Waals surface area contributed by atoms with Crippen LogP contribution >= 0.6 is 50.7 Å². The second kappa shape index (κ2) is 12.3. The van der Waals surface area contributed by atoms with Gasteiger partial charge < -0.3 is 14.8 Å². The second-order valence-corrected chi connectivity index (χ2v) is 9.50. The first-order valence-corrected chi connectivity index (χ1v) is 12.4. The standard InChI is InChI=1S/C26H20BrCl3N2O3/c1-3-34-24-9-17(8-18(13-31)26(33)32-23-11-20(29)6-4-15(23)2)21(27)12-25(24)35-14-16-5-7-19(28)10-22(16)30/h4-12H,3,14H2,1-2H3,(H,32,33)/b18-8+. The van der Waals surface area contributed by atoms with Crippen molar-refractivity contribution in [2.24, 2.45) is 0 Å². The van der Waals surface area contributed by atoms with Crippen LogP contribution in [-0.2, 0) is 11.4 Å². The third kappa shape index (κ3) is 7.16. The molecule has 0 saturated carbocycles. The number of benzene rings is 3. The molecule has 0 radical (unpaired) electrons. The molecule has 1 amide bonds. The number of nitrogens with one attached hydrogen (secondary N) is 1. The minimum Gasteiger partial charge on any atom is -0.490 e. The van der Waals surface area contributed by atoms with E-state index in [0.717, 1.165) is 11.1 Å². The molecule has 180 valence electrons. The van der Waals surface area contributed by atoms with Crippen molar-refractivity contribution < 1.29 is 14.3 Å². The molecule has 5 nitrogen and oxygen atoms in total. The van der Waals surface area contributed by atoms with Gasteiger partial charge in [0.05, 0.1) is 6.61 Å². The highest BCUT2D eigenvalue weighted by Gasteiger charge is 2.15. The largest absolute Gasteiger partial charge is 0.490 e. The number of hydrogen-bond acceptors (Lipinski definition) is 4. The fourth-order valence-electron chi connectivity index (χ4n) is 3.06. The zero-order valence-corrected chi connectivity index (χ0v) is 22.6. The Kier molecular flexibility index (Phi) is 9.47. The number of rotatable bonds is 8. The number of carbonyl (C=O) groups excluding carboxylic acids is 1. The Bertz CT molecular complexity index is 1340. The summed E-state index contributed by atoms with van der Waals surface area (Å²) in [6.45, 7) is 4.27. The third-order valence-electron chi connectivity index (χ3n) is 4.87. The summed E-state index contributed by atoms with van der Waals surface area (Å²) in [5.41, 5.74) is 2.59. The maximum atomic E-state index is 12.8. The van der Waals surface area contributed by atoms with Crippen molar-refractivity contribution in [2.45, 2.75) is 20.5 Å². The molecule has 0 heterocycles. The molecular formula is C26H20BrCl3N2O3. The summed E-state index contributed by atoms with van der Waals surface area (Å²) >= 11 is 21.7. The number of ether oxygens (including phenoxy) is 2. The quantitative estimate of drug-likeness (QED) is 0.211. The Morgan fingerprint density at radius 3 is 2.43 bits per heavy atom. The van der Waals surface area contributed by atoms with E-state index in [1.165, 1.54) is 6.08 Å². The smallest absolute Gasteiger partial charge is 0.266 e. The topological polar surface area (TPSA) is 71.3 Å². The summed E-state index contributed by atoms with van der Waals surface area (Å²) in [5, 5.41) is 13.9. The highest BCUT2D eigenvalue weighted by Crippen LogP contribution is 2.36. The molecular weight excluding hydrogens is 575 g/mol. The van der Waals surface area contributed by atoms with Gasteiger partial charge in [-0.15, -0.1) is 0 Å². The minimum absolute atomic E-state index is 0.0888. The third-order valence-corrected chi connectivity index (χ3v) is 6.38. The van der Waals surface area contributed by atoms with E-state index in [0.29, 0.717) is 48.9 Å². The zero-order chi connectivity index (χ0) is 25.5. The van der Waals surface area contributed by atoms with E-state index in [1.54, 1.807) is 48.5 Å². The van der Waals surface area contributed by atoms with Gasteiger partial charge >= 0.3 is 0 Å². The molecule has 0 aliphatic rings. The SMILES string of the molecule is CCOc1cc(/C=C(\C#N)C(=O)Nc2cc(Cl)ccc2C)c(Br)cc1OCc1ccc(Cl)cc1Cl. The predicted octanol–water partition coefficient (Wildman–Crippen LogP) is 8.24. The van der Waals surface area contributed by atoms with E-state index in [9.17, 15) is 10.1 Å². The van der Waals surface area contributed by atoms with Crippen LogP contribution in [0.5, 0.6) is 11.5 Å². The lowest BCUT2D eigenvalue weighted by molar-refractivity contribution is -0.112. The van der Waals surface area contributed by atoms with Crippen LogP contribution in [0.2, 0.25) is 15.1 Å². The Morgan fingerprint density at radius 2 is 1.74 bits per heavy atom. The van der Waals surface area contributed by atoms with Crippen LogP contribution in [-0.4, -0.2) is 12.5 Å². The van der Waals surface area contributed by atoms with Crippen LogP contribution < -0.4 is 14.8 Å². The van der Waals surface area contributed by atoms with Crippen LogP contribution in [0.1, 0.15) is 23.6 Å². The van der Waals surface area contributed by atoms with Crippen LogP contribution in [0.25, 0.3) is 6.08 Å². The number of aryl methyl sites for hydroxylation is 1. The van der Waals surface area contributed by atoms with E-state index in [1.807, 2.05) is 19.9 Å². The fraction of sp³-hybridized carbons (Fsp3) is 0.154. The maximum absolute atomic E-state index is 12.8. The molecule has 0 aromatic heterocycles. The normalized spacial score (nSPS) is 11.1. The Labute approximate surface area is 227 Å². The number of nitriles is 1. The number of anilines is 1. The summed E-state index contributed by atoms with van der Waals surface area (Å²) in [5.74, 6) is 0.371. The Balaban J connectivity index is 1.87. The molecule has 9 heteroatoms. The molecule has 0 saturated heterocycles. The highest BCUT2D eigenvalue weighted by atomic mass is 79.9. The number of carbonyl (C=O) groups is 1. The van der Waals surface area contributed by atoms with Crippen molar-refractivity contribution >= 4 is 68.4 Å². The number of amides is 1. The molecule has 0 spiro atoms. The van der Waals surface area contributed by atoms with E-state index >= 15 is 0 Å². The molecule has 35 heavy (non-hydrogen) atoms. The highest BCUT2D eigenvalue weighted by molar-refractivity contribution is 9.10. The van der Waals surface area contributed by atoms with E-state index in [4.69, 9.17) is 44.3 Å². The average molecular weight is 595 g/mol. The Morgan fingerprint density at radius 1 is 1.06 bits per heavy atom. The zero-order valence-electron chi connectivity index (χ0n) is 18.8. The van der Waals surface area contributed by atoms with Gasteiger partial charge in [0.1, 0.15) is 18.2 Å². The summed E-state index contributed by atoms with van der Waals surface area (Å²) in [4.78, 5) is 12.8. The lowest BCUT2D eigenvalue weighted by atomic mass is 10.1. The van der Waals surface area contributed by atoms with Crippen LogP contribution in [0.4, 0.5) is 5.69 Å². The summed E-state index contributed by atoms with van der Waals surface area (Å²) in [6.07, 6.45) is 1.47. The van der Waals surface area contributed by atoms with E-state index < -0.39 is 5.91 Å². The van der Waals surface area contributed by atoms with Crippen molar-refractivity contribution in [3.05, 3.63) is 90.3 Å². The molecule has 0 atom stereocenters. The van der Waals surface area contributed by atoms with Gasteiger partial charge in [-0.3, -0.25) is 4.79 Å². The summed E-state index contributed by atoms with van der Waals surface area (Å²) in [6, 6.07) is 15.7. The van der Waals surface area contributed by atoms with Crippen LogP contribution in [0.3, 0.4) is 0 Å². The van der Waals surface area contributed by atoms with Crippen molar-refractivity contribution in [2.75, 3.05) is 11.9 Å². The lowest BCUT2D eigenvalue weighted by Crippen LogP contribution is -2.14. The molecule has 3 aromatic carbocycles. The molecule has 0 aliphatic carbocycles. The fourth-order valence-corrected chi connectivity index (χ4v) is 4.13. The summed E-state index contributed by atoms with van der Waals surface area (Å²) in [7, 11) is 0. The van der Waals surface area contributed by atoms with Gasteiger partial charge in [0.15, 0.2) is 11.5 Å². The number of hydrogen-bond donors (Lipinski definition) is 1. The van der Waals surface area contributed by atoms with Gasteiger partial charge in [-0.05, 0) is 67.4 Å². The van der Waals surface area contributed by atoms with E-state index in [2.05, 4.69) is 21.2 Å². The van der Waals surface area contributed by atoms with Gasteiger partial charge in [-0.2, -0.15) is 5.26 Å². The first kappa shape index (κ1) is 26.9. The molecule has 3 aromatic rings. The van der Waals surface area contributed by atoms with Gasteiger partial charge in [0.2, 0.25) is 0 Å². The van der Waals surface area contributed by atoms with Crippen molar-refractivity contribution in [1.82, 2.24) is 0 Å². The second-order valence-electron chi connectivity index (χ2n) is 7.36. The number of nitrogens with zero attached hydrogens (tertiary/aromatic N) is 1. The van der Waals surface area contributed by atoms with E-state index in [-0.39, 0.29) is 12.2 Å². The summed E-state index contributed by atoms with van der Waals surface area (Å²) < 4.78 is 12.3. The van der Waals surface area contributed by atoms with Crippen molar-refractivity contribution in [3.63, 3.8) is 0 Å². The average Bonchev–Trinajstić information content (AvgIpc) is 2.81. The molecule has 3 rings (SSSR count). The molecule has 0 aliphatic heterocycles. The van der Waals surface area contributed by atoms with Gasteiger partial charge in [0, 0.05) is 30.8 Å². The van der Waals surface area contributed by atoms with Gasteiger partial charge in [-0.25, -0.2) is 0 Å². The van der Waals surface area contributed by atoms with Crippen molar-refractivity contribution in [1.29, 1.82) is 5.26 Å². The maximum Gasteiger partial charge on any atom is 0.266 e.